The van der Waals surface area contributed by atoms with E-state index in [1.54, 1.807) is 12.4 Å². The van der Waals surface area contributed by atoms with Crippen molar-refractivity contribution in [1.82, 2.24) is 14.8 Å². The second kappa shape index (κ2) is 6.80. The summed E-state index contributed by atoms with van der Waals surface area (Å²) in [4.78, 5) is 4.31. The van der Waals surface area contributed by atoms with E-state index in [9.17, 15) is 4.39 Å². The van der Waals surface area contributed by atoms with Crippen LogP contribution in [0, 0.1) is 5.82 Å². The highest BCUT2D eigenvalue weighted by Gasteiger charge is 2.34. The monoisotopic (exact) mass is 403 g/mol. The molecule has 1 aromatic carbocycles. The molecule has 0 saturated carbocycles. The molecule has 0 bridgehead atoms. The summed E-state index contributed by atoms with van der Waals surface area (Å²) < 4.78 is 16.0. The molecule has 0 aliphatic heterocycles. The number of nitrogens with zero attached hydrogens (tertiary/aromatic N) is 3. The first-order valence-corrected chi connectivity index (χ1v) is 8.64. The van der Waals surface area contributed by atoms with Crippen LogP contribution >= 0.6 is 31.9 Å². The third kappa shape index (κ3) is 2.96. The van der Waals surface area contributed by atoms with Crippen molar-refractivity contribution in [3.63, 3.8) is 0 Å². The maximum atomic E-state index is 14.2. The number of alkyl halides is 2. The van der Waals surface area contributed by atoms with Crippen molar-refractivity contribution in [2.75, 3.05) is 10.7 Å². The van der Waals surface area contributed by atoms with Crippen molar-refractivity contribution in [3.8, 4) is 0 Å². The SMILES string of the molecule is CCn1ncnc1CC(CBr)(CBr)c1ccccc1F. The topological polar surface area (TPSA) is 30.7 Å². The first kappa shape index (κ1) is 15.6. The van der Waals surface area contributed by atoms with E-state index in [1.165, 1.54) is 6.07 Å². The van der Waals surface area contributed by atoms with Crippen LogP contribution in [0.25, 0.3) is 0 Å². The molecule has 2 aromatic rings. The van der Waals surface area contributed by atoms with Crippen molar-refractivity contribution in [1.29, 1.82) is 0 Å². The van der Waals surface area contributed by atoms with Gasteiger partial charge in [0, 0.05) is 29.0 Å². The van der Waals surface area contributed by atoms with E-state index in [0.717, 1.165) is 12.4 Å². The lowest BCUT2D eigenvalue weighted by atomic mass is 9.81. The fourth-order valence-electron chi connectivity index (χ4n) is 2.25. The van der Waals surface area contributed by atoms with E-state index in [0.29, 0.717) is 22.6 Å². The summed E-state index contributed by atoms with van der Waals surface area (Å²) in [5, 5.41) is 5.47. The lowest BCUT2D eigenvalue weighted by Gasteiger charge is -2.30. The van der Waals surface area contributed by atoms with Gasteiger partial charge in [0.25, 0.3) is 0 Å². The van der Waals surface area contributed by atoms with Gasteiger partial charge in [0.05, 0.1) is 0 Å². The Kier molecular flexibility index (Phi) is 5.32. The molecule has 0 atom stereocenters. The maximum Gasteiger partial charge on any atom is 0.138 e. The molecule has 0 saturated heterocycles. The van der Waals surface area contributed by atoms with Crippen LogP contribution in [0.5, 0.6) is 0 Å². The molecule has 6 heteroatoms. The Morgan fingerprint density at radius 2 is 1.95 bits per heavy atom. The van der Waals surface area contributed by atoms with Crippen molar-refractivity contribution in [2.24, 2.45) is 0 Å². The average molecular weight is 405 g/mol. The summed E-state index contributed by atoms with van der Waals surface area (Å²) in [6, 6.07) is 6.91. The zero-order valence-electron chi connectivity index (χ0n) is 11.2. The standard InChI is InChI=1S/C14H16Br2FN3/c1-2-20-13(18-10-19-20)7-14(8-15,9-16)11-5-3-4-6-12(11)17/h3-6,10H,2,7-9H2,1H3. The van der Waals surface area contributed by atoms with Gasteiger partial charge in [-0.15, -0.1) is 0 Å². The van der Waals surface area contributed by atoms with Crippen molar-refractivity contribution < 1.29 is 4.39 Å². The predicted octanol–water partition coefficient (Wildman–Crippen LogP) is 3.71. The second-order valence-electron chi connectivity index (χ2n) is 4.70. The highest BCUT2D eigenvalue weighted by atomic mass is 79.9. The van der Waals surface area contributed by atoms with E-state index in [1.807, 2.05) is 23.7 Å². The zero-order valence-corrected chi connectivity index (χ0v) is 14.4. The van der Waals surface area contributed by atoms with Gasteiger partial charge in [-0.2, -0.15) is 5.10 Å². The summed E-state index contributed by atoms with van der Waals surface area (Å²) in [5.41, 5.74) is 0.310. The molecule has 0 N–H and O–H groups in total. The van der Waals surface area contributed by atoms with Crippen LogP contribution in [0.1, 0.15) is 18.3 Å². The second-order valence-corrected chi connectivity index (χ2v) is 5.82. The fraction of sp³-hybridized carbons (Fsp3) is 0.429. The van der Waals surface area contributed by atoms with E-state index in [2.05, 4.69) is 41.9 Å². The van der Waals surface area contributed by atoms with Crippen molar-refractivity contribution in [2.45, 2.75) is 25.3 Å². The minimum absolute atomic E-state index is 0.186. The van der Waals surface area contributed by atoms with E-state index in [-0.39, 0.29) is 11.2 Å². The van der Waals surface area contributed by atoms with E-state index >= 15 is 0 Å². The molecular weight excluding hydrogens is 389 g/mol. The first-order chi connectivity index (χ1) is 9.66. The van der Waals surface area contributed by atoms with Crippen LogP contribution in [0.3, 0.4) is 0 Å². The number of hydrogen-bond acceptors (Lipinski definition) is 2. The molecule has 0 unspecified atom stereocenters. The van der Waals surface area contributed by atoms with Gasteiger partial charge < -0.3 is 0 Å². The molecule has 0 radical (unpaired) electrons. The van der Waals surface area contributed by atoms with Crippen LogP contribution in [0.2, 0.25) is 0 Å². The lowest BCUT2D eigenvalue weighted by molar-refractivity contribution is 0.472. The molecule has 0 aliphatic carbocycles. The number of rotatable bonds is 6. The summed E-state index contributed by atoms with van der Waals surface area (Å²) >= 11 is 7.08. The van der Waals surface area contributed by atoms with Crippen molar-refractivity contribution in [3.05, 3.63) is 47.8 Å². The average Bonchev–Trinajstić information content (AvgIpc) is 2.92. The summed E-state index contributed by atoms with van der Waals surface area (Å²) in [6.45, 7) is 2.78. The van der Waals surface area contributed by atoms with Gasteiger partial charge in [-0.05, 0) is 18.6 Å². The van der Waals surface area contributed by atoms with Crippen LogP contribution in [0.4, 0.5) is 4.39 Å². The van der Waals surface area contributed by atoms with Crippen molar-refractivity contribution >= 4 is 31.9 Å². The minimum atomic E-state index is -0.384. The highest BCUT2D eigenvalue weighted by Crippen LogP contribution is 2.34. The zero-order chi connectivity index (χ0) is 14.6. The lowest BCUT2D eigenvalue weighted by Crippen LogP contribution is -2.35. The van der Waals surface area contributed by atoms with Gasteiger partial charge in [-0.3, -0.25) is 4.68 Å². The summed E-state index contributed by atoms with van der Waals surface area (Å²) in [5.74, 6) is 0.684. The van der Waals surface area contributed by atoms with Crippen LogP contribution in [0.15, 0.2) is 30.6 Å². The van der Waals surface area contributed by atoms with Crippen LogP contribution in [-0.2, 0) is 18.4 Å². The Morgan fingerprint density at radius 3 is 2.55 bits per heavy atom. The number of halogens is 3. The fourth-order valence-corrected chi connectivity index (χ4v) is 4.18. The third-order valence-electron chi connectivity index (χ3n) is 3.45. The highest BCUT2D eigenvalue weighted by molar-refractivity contribution is 9.09. The van der Waals surface area contributed by atoms with Gasteiger partial charge in [-0.25, -0.2) is 9.37 Å². The molecule has 0 amide bonds. The number of aromatic nitrogens is 3. The molecule has 0 spiro atoms. The Bertz CT molecular complexity index is 567. The molecule has 1 aromatic heterocycles. The smallest absolute Gasteiger partial charge is 0.138 e. The number of benzene rings is 1. The van der Waals surface area contributed by atoms with Gasteiger partial charge in [0.1, 0.15) is 18.0 Å². The maximum absolute atomic E-state index is 14.2. The Balaban J connectivity index is 2.43. The van der Waals surface area contributed by atoms with Crippen LogP contribution < -0.4 is 0 Å². The molecule has 0 aliphatic rings. The molecule has 3 nitrogen and oxygen atoms in total. The summed E-state index contributed by atoms with van der Waals surface area (Å²) in [6.07, 6.45) is 2.17. The Hall–Kier alpha value is -0.750. The van der Waals surface area contributed by atoms with Gasteiger partial charge in [0.15, 0.2) is 0 Å². The van der Waals surface area contributed by atoms with Crippen LogP contribution in [-0.4, -0.2) is 25.4 Å². The van der Waals surface area contributed by atoms with Gasteiger partial charge >= 0.3 is 0 Å². The minimum Gasteiger partial charge on any atom is -0.250 e. The largest absolute Gasteiger partial charge is 0.250 e. The molecule has 108 valence electrons. The molecule has 1 heterocycles. The molecule has 20 heavy (non-hydrogen) atoms. The van der Waals surface area contributed by atoms with Gasteiger partial charge in [-0.1, -0.05) is 50.1 Å². The Labute approximate surface area is 134 Å². The molecule has 0 fully saturated rings. The van der Waals surface area contributed by atoms with E-state index < -0.39 is 0 Å². The Morgan fingerprint density at radius 1 is 1.25 bits per heavy atom. The normalized spacial score (nSPS) is 11.8. The number of hydrogen-bond donors (Lipinski definition) is 0. The third-order valence-corrected chi connectivity index (χ3v) is 5.60. The molecular formula is C14H16Br2FN3. The predicted molar refractivity (Wildman–Crippen MR) is 85.1 cm³/mol. The molecule has 2 rings (SSSR count). The van der Waals surface area contributed by atoms with E-state index in [4.69, 9.17) is 0 Å². The first-order valence-electron chi connectivity index (χ1n) is 6.40. The number of aryl methyl sites for hydroxylation is 1. The van der Waals surface area contributed by atoms with Gasteiger partial charge in [0.2, 0.25) is 0 Å². The summed E-state index contributed by atoms with van der Waals surface area (Å²) in [7, 11) is 0. The quantitative estimate of drug-likeness (QED) is 0.687.